The van der Waals surface area contributed by atoms with Crippen LogP contribution in [0, 0.1) is 18.7 Å². The van der Waals surface area contributed by atoms with Crippen molar-refractivity contribution in [3.05, 3.63) is 63.9 Å². The van der Waals surface area contributed by atoms with Crippen molar-refractivity contribution in [2.45, 2.75) is 80.6 Å². The van der Waals surface area contributed by atoms with E-state index >= 15 is 8.78 Å². The van der Waals surface area contributed by atoms with E-state index in [2.05, 4.69) is 35.6 Å². The van der Waals surface area contributed by atoms with Crippen molar-refractivity contribution in [2.24, 2.45) is 10.9 Å². The average Bonchev–Trinajstić information content (AvgIpc) is 3.67. The maximum absolute atomic E-state index is 15.5. The van der Waals surface area contributed by atoms with Gasteiger partial charge in [0.1, 0.15) is 30.4 Å². The highest BCUT2D eigenvalue weighted by Crippen LogP contribution is 2.67. The molecule has 2 aromatic carbocycles. The van der Waals surface area contributed by atoms with E-state index in [1.807, 2.05) is 6.92 Å². The molecule has 45 heavy (non-hydrogen) atoms. The van der Waals surface area contributed by atoms with E-state index in [1.54, 1.807) is 32.9 Å². The van der Waals surface area contributed by atoms with E-state index in [-0.39, 0.29) is 35.4 Å². The Hall–Kier alpha value is -1.84. The number of hydrogen-bond acceptors (Lipinski definition) is 8. The van der Waals surface area contributed by atoms with Gasteiger partial charge in [-0.3, -0.25) is 4.18 Å². The van der Waals surface area contributed by atoms with E-state index in [0.717, 1.165) is 23.4 Å². The maximum atomic E-state index is 15.5. The fourth-order valence-electron chi connectivity index (χ4n) is 5.02. The van der Waals surface area contributed by atoms with Crippen LogP contribution in [0.5, 0.6) is 0 Å². The van der Waals surface area contributed by atoms with Crippen LogP contribution in [0.2, 0.25) is 25.7 Å². The Morgan fingerprint density at radius 1 is 1.18 bits per heavy atom. The van der Waals surface area contributed by atoms with Crippen LogP contribution in [-0.2, 0) is 29.3 Å². The zero-order valence-corrected chi connectivity index (χ0v) is 30.9. The van der Waals surface area contributed by atoms with Crippen LogP contribution in [-0.4, -0.2) is 69.6 Å². The van der Waals surface area contributed by atoms with Crippen LogP contribution in [0.25, 0.3) is 0 Å². The number of halogens is 3. The van der Waals surface area contributed by atoms with Gasteiger partial charge in [0.05, 0.1) is 16.2 Å². The number of carbonyl (C=O) groups excluding carboxylic acids is 1. The van der Waals surface area contributed by atoms with Crippen LogP contribution < -0.4 is 0 Å². The Labute approximate surface area is 278 Å². The molecule has 14 heteroatoms. The minimum absolute atomic E-state index is 0.00534. The molecule has 1 aliphatic carbocycles. The second-order valence-corrected chi connectivity index (χ2v) is 23.3. The normalized spacial score (nSPS) is 23.2. The molecule has 1 heterocycles. The minimum Gasteiger partial charge on any atom is -0.443 e. The van der Waals surface area contributed by atoms with Gasteiger partial charge in [-0.25, -0.2) is 23.5 Å². The number of rotatable bonds is 11. The first-order chi connectivity index (χ1) is 20.8. The smallest absolute Gasteiger partial charge is 0.418 e. The van der Waals surface area contributed by atoms with Gasteiger partial charge in [0.2, 0.25) is 0 Å². The number of fused-ring (bicyclic) bond motifs is 1. The van der Waals surface area contributed by atoms with Gasteiger partial charge in [-0.05, 0) is 70.5 Å². The number of carbonyl (C=O) groups is 1. The fraction of sp³-hybridized carbons (Fsp3) is 0.548. The summed E-state index contributed by atoms with van der Waals surface area (Å²) >= 11 is 4.47. The molecule has 248 valence electrons. The molecule has 0 spiro atoms. The van der Waals surface area contributed by atoms with Crippen molar-refractivity contribution >= 4 is 57.1 Å². The fourth-order valence-corrected chi connectivity index (χ4v) is 8.70. The van der Waals surface area contributed by atoms with E-state index in [0.29, 0.717) is 11.1 Å². The second kappa shape index (κ2) is 13.3. The SMILES string of the molecule is Cc1ccc(S(=O)(=O)OCC23CC2[C@@](CF)(c2cc(Br)ccc2F)N=C(N(COCC[Si](C)(C)C)C(=O)OC(C)(C)C)S3)cc1. The van der Waals surface area contributed by atoms with Gasteiger partial charge in [-0.2, -0.15) is 8.42 Å². The number of aryl methyl sites for hydroxylation is 1. The predicted molar refractivity (Wildman–Crippen MR) is 179 cm³/mol. The molecule has 0 N–H and O–H groups in total. The van der Waals surface area contributed by atoms with Crippen LogP contribution in [0.15, 0.2) is 56.8 Å². The molecule has 1 saturated carbocycles. The number of hydrogen-bond donors (Lipinski definition) is 0. The zero-order chi connectivity index (χ0) is 33.4. The molecule has 8 nitrogen and oxygen atoms in total. The first kappa shape index (κ1) is 36.0. The molecule has 2 unspecified atom stereocenters. The van der Waals surface area contributed by atoms with Gasteiger partial charge >= 0.3 is 6.09 Å². The quantitative estimate of drug-likeness (QED) is 0.1000. The summed E-state index contributed by atoms with van der Waals surface area (Å²) in [6.07, 6.45) is -0.505. The Morgan fingerprint density at radius 2 is 1.84 bits per heavy atom. The molecular formula is C31H41BrF2N2O6S2Si. The van der Waals surface area contributed by atoms with Crippen molar-refractivity contribution < 1.29 is 35.6 Å². The number of nitrogens with zero attached hydrogens (tertiary/aromatic N) is 2. The van der Waals surface area contributed by atoms with E-state index in [1.165, 1.54) is 35.2 Å². The van der Waals surface area contributed by atoms with Crippen molar-refractivity contribution in [3.8, 4) is 0 Å². The zero-order valence-electron chi connectivity index (χ0n) is 26.7. The minimum atomic E-state index is -4.18. The Kier molecular flexibility index (Phi) is 10.7. The lowest BCUT2D eigenvalue weighted by Gasteiger charge is -2.38. The van der Waals surface area contributed by atoms with Crippen molar-refractivity contribution in [1.29, 1.82) is 0 Å². The average molecular weight is 748 g/mol. The van der Waals surface area contributed by atoms with Crippen LogP contribution >= 0.6 is 27.7 Å². The Balaban J connectivity index is 1.76. The molecule has 0 saturated heterocycles. The summed E-state index contributed by atoms with van der Waals surface area (Å²) in [5.41, 5.74) is -1.75. The molecular weight excluding hydrogens is 706 g/mol. The topological polar surface area (TPSA) is 94.5 Å². The molecule has 3 atom stereocenters. The monoisotopic (exact) mass is 746 g/mol. The Morgan fingerprint density at radius 3 is 2.44 bits per heavy atom. The summed E-state index contributed by atoms with van der Waals surface area (Å²) in [4.78, 5) is 19.5. The molecule has 2 aromatic rings. The highest BCUT2D eigenvalue weighted by Gasteiger charge is 2.69. The van der Waals surface area contributed by atoms with Gasteiger partial charge in [0.15, 0.2) is 5.17 Å². The second-order valence-electron chi connectivity index (χ2n) is 13.8. The van der Waals surface area contributed by atoms with Crippen LogP contribution in [0.4, 0.5) is 13.6 Å². The highest BCUT2D eigenvalue weighted by atomic mass is 79.9. The molecule has 1 aliphatic heterocycles. The van der Waals surface area contributed by atoms with E-state index < -0.39 is 58.6 Å². The standard InChI is InChI=1S/C31H41BrF2N2O6S2Si/c1-21-8-11-23(12-9-21)44(38,39)41-19-30-17-26(30)31(18-33,24-16-22(32)10-13-25(24)34)35-27(43-30)36(28(37)42-29(2,3)4)20-40-14-15-45(5,6)7/h8-13,16,26H,14-15,17-20H2,1-7H3/t26?,30?,31-/m1/s1. The molecule has 0 bridgehead atoms. The van der Waals surface area contributed by atoms with E-state index in [4.69, 9.17) is 18.6 Å². The third-order valence-electron chi connectivity index (χ3n) is 7.62. The van der Waals surface area contributed by atoms with Gasteiger partial charge in [0.25, 0.3) is 10.1 Å². The van der Waals surface area contributed by atoms with Crippen LogP contribution in [0.3, 0.4) is 0 Å². The maximum Gasteiger partial charge on any atom is 0.418 e. The molecule has 0 radical (unpaired) electrons. The highest BCUT2D eigenvalue weighted by molar-refractivity contribution is 9.10. The third-order valence-corrected chi connectivity index (χ3v) is 12.6. The predicted octanol–water partition coefficient (Wildman–Crippen LogP) is 7.88. The van der Waals surface area contributed by atoms with Crippen molar-refractivity contribution in [3.63, 3.8) is 0 Å². The van der Waals surface area contributed by atoms with Crippen molar-refractivity contribution in [2.75, 3.05) is 26.6 Å². The Bertz CT molecular complexity index is 1550. The lowest BCUT2D eigenvalue weighted by atomic mass is 9.85. The summed E-state index contributed by atoms with van der Waals surface area (Å²) < 4.78 is 74.0. The first-order valence-electron chi connectivity index (χ1n) is 14.7. The number of ether oxygens (including phenoxy) is 2. The molecule has 4 rings (SSSR count). The summed E-state index contributed by atoms with van der Waals surface area (Å²) in [5, 5.41) is 0.0411. The lowest BCUT2D eigenvalue weighted by molar-refractivity contribution is 0.0108. The number of benzene rings is 2. The molecule has 1 amide bonds. The third kappa shape index (κ3) is 8.55. The molecule has 0 aromatic heterocycles. The van der Waals surface area contributed by atoms with Gasteiger partial charge < -0.3 is 9.47 Å². The van der Waals surface area contributed by atoms with Gasteiger partial charge in [0, 0.05) is 30.6 Å². The number of amidine groups is 1. The molecule has 2 aliphatic rings. The lowest BCUT2D eigenvalue weighted by Crippen LogP contribution is -2.47. The van der Waals surface area contributed by atoms with E-state index in [9.17, 15) is 13.2 Å². The summed E-state index contributed by atoms with van der Waals surface area (Å²) in [6, 6.07) is 11.3. The van der Waals surface area contributed by atoms with Crippen molar-refractivity contribution in [1.82, 2.24) is 4.90 Å². The summed E-state index contributed by atoms with van der Waals surface area (Å²) in [6.45, 7) is 12.3. The van der Waals surface area contributed by atoms with Gasteiger partial charge in [-0.15, -0.1) is 0 Å². The number of thioether (sulfide) groups is 1. The number of amides is 1. The number of aliphatic imine (C=N–C) groups is 1. The molecule has 1 fully saturated rings. The first-order valence-corrected chi connectivity index (χ1v) is 21.4. The summed E-state index contributed by atoms with van der Waals surface area (Å²) in [5.74, 6) is -1.30. The van der Waals surface area contributed by atoms with Crippen LogP contribution in [0.1, 0.15) is 38.3 Å². The largest absolute Gasteiger partial charge is 0.443 e. The van der Waals surface area contributed by atoms with Gasteiger partial charge in [-0.1, -0.05) is 65.0 Å². The summed E-state index contributed by atoms with van der Waals surface area (Å²) in [7, 11) is -5.63. The number of alkyl halides is 1.